The molecule has 3 aliphatic carbocycles. The molecule has 2 aromatic rings. The largest absolute Gasteiger partial charge is 0.494 e. The molecule has 0 aliphatic heterocycles. The van der Waals surface area contributed by atoms with E-state index in [9.17, 15) is 10.2 Å². The lowest BCUT2D eigenvalue weighted by molar-refractivity contribution is 0.399. The summed E-state index contributed by atoms with van der Waals surface area (Å²) in [4.78, 5) is 0. The molecule has 1 heterocycles. The van der Waals surface area contributed by atoms with Crippen LogP contribution < -0.4 is 0 Å². The Hall–Kier alpha value is -1.58. The molecular weight excluding hydrogens is 309 g/mol. The monoisotopic (exact) mass is 321 g/mol. The van der Waals surface area contributed by atoms with Crippen LogP contribution in [0.25, 0.3) is 5.69 Å². The van der Waals surface area contributed by atoms with Crippen LogP contribution >= 0.6 is 23.2 Å². The number of hydrogen-bond donors (Lipinski definition) is 2. The van der Waals surface area contributed by atoms with Crippen LogP contribution in [0.2, 0.25) is 10.0 Å². The average molecular weight is 322 g/mol. The van der Waals surface area contributed by atoms with E-state index in [4.69, 9.17) is 23.2 Å². The summed E-state index contributed by atoms with van der Waals surface area (Å²) in [5.41, 5.74) is 2.29. The minimum atomic E-state index is 0.0972. The second kappa shape index (κ2) is 4.46. The van der Waals surface area contributed by atoms with E-state index >= 15 is 0 Å². The van der Waals surface area contributed by atoms with Crippen LogP contribution in [0.1, 0.15) is 35.8 Å². The number of allylic oxidation sites excluding steroid dienone is 2. The summed E-state index contributed by atoms with van der Waals surface area (Å²) in [5, 5.41) is 22.0. The van der Waals surface area contributed by atoms with Gasteiger partial charge in [-0.25, -0.2) is 0 Å². The maximum absolute atomic E-state index is 10.6. The summed E-state index contributed by atoms with van der Waals surface area (Å²) in [7, 11) is 0. The van der Waals surface area contributed by atoms with Crippen LogP contribution in [-0.2, 0) is 0 Å². The van der Waals surface area contributed by atoms with E-state index in [1.165, 1.54) is 4.57 Å². The maximum atomic E-state index is 10.6. The number of aromatic hydroxyl groups is 2. The molecule has 2 atom stereocenters. The number of fused-ring (bicyclic) bond motifs is 1. The van der Waals surface area contributed by atoms with E-state index < -0.39 is 0 Å². The SMILES string of the molecule is Oc1c2c(c(O)n1-c1ccc(Cl)c(Cl)c1)C1C=CC2CC1. The molecule has 5 heteroatoms. The molecule has 21 heavy (non-hydrogen) atoms. The van der Waals surface area contributed by atoms with Gasteiger partial charge < -0.3 is 10.2 Å². The van der Waals surface area contributed by atoms with Crippen molar-refractivity contribution < 1.29 is 10.2 Å². The van der Waals surface area contributed by atoms with Gasteiger partial charge in [-0.15, -0.1) is 0 Å². The van der Waals surface area contributed by atoms with Crippen molar-refractivity contribution in [1.82, 2.24) is 4.57 Å². The van der Waals surface area contributed by atoms with Crippen molar-refractivity contribution in [3.8, 4) is 17.4 Å². The fourth-order valence-electron chi connectivity index (χ4n) is 3.48. The zero-order chi connectivity index (χ0) is 14.7. The van der Waals surface area contributed by atoms with Gasteiger partial charge in [0, 0.05) is 23.0 Å². The number of halogens is 2. The van der Waals surface area contributed by atoms with Crippen molar-refractivity contribution in [2.75, 3.05) is 0 Å². The molecule has 3 aliphatic rings. The van der Waals surface area contributed by atoms with E-state index in [1.54, 1.807) is 18.2 Å². The van der Waals surface area contributed by atoms with Gasteiger partial charge in [0.25, 0.3) is 0 Å². The van der Waals surface area contributed by atoms with Crippen molar-refractivity contribution in [3.05, 3.63) is 51.5 Å². The maximum Gasteiger partial charge on any atom is 0.202 e. The number of aromatic nitrogens is 1. The van der Waals surface area contributed by atoms with Gasteiger partial charge in [0.2, 0.25) is 11.8 Å². The van der Waals surface area contributed by atoms with E-state index in [2.05, 4.69) is 12.2 Å². The molecule has 0 saturated carbocycles. The first-order valence-electron chi connectivity index (χ1n) is 6.88. The van der Waals surface area contributed by atoms with Gasteiger partial charge in [-0.1, -0.05) is 35.4 Å². The van der Waals surface area contributed by atoms with Gasteiger partial charge >= 0.3 is 0 Å². The highest BCUT2D eigenvalue weighted by Crippen LogP contribution is 2.54. The fourth-order valence-corrected chi connectivity index (χ4v) is 3.78. The topological polar surface area (TPSA) is 45.4 Å². The number of benzene rings is 1. The highest BCUT2D eigenvalue weighted by molar-refractivity contribution is 6.42. The van der Waals surface area contributed by atoms with Gasteiger partial charge in [0.15, 0.2) is 0 Å². The van der Waals surface area contributed by atoms with Gasteiger partial charge in [0.05, 0.1) is 15.7 Å². The Kier molecular flexibility index (Phi) is 2.78. The highest BCUT2D eigenvalue weighted by atomic mass is 35.5. The number of rotatable bonds is 1. The molecule has 0 spiro atoms. The van der Waals surface area contributed by atoms with E-state index in [1.807, 2.05) is 0 Å². The second-order valence-corrected chi connectivity index (χ2v) is 6.40. The Bertz CT molecular complexity index is 742. The zero-order valence-corrected chi connectivity index (χ0v) is 12.6. The third-order valence-corrected chi connectivity index (χ3v) is 5.20. The van der Waals surface area contributed by atoms with Gasteiger partial charge in [-0.3, -0.25) is 4.57 Å². The first kappa shape index (κ1) is 13.1. The second-order valence-electron chi connectivity index (χ2n) is 5.58. The molecule has 3 nitrogen and oxygen atoms in total. The predicted molar refractivity (Wildman–Crippen MR) is 83.0 cm³/mol. The Labute approximate surface area is 132 Å². The molecular formula is C16H13Cl2NO2. The van der Waals surface area contributed by atoms with Crippen molar-refractivity contribution in [2.45, 2.75) is 24.7 Å². The Morgan fingerprint density at radius 2 is 1.48 bits per heavy atom. The van der Waals surface area contributed by atoms with E-state index in [0.29, 0.717) is 15.7 Å². The van der Waals surface area contributed by atoms with E-state index in [-0.39, 0.29) is 23.6 Å². The van der Waals surface area contributed by atoms with Gasteiger partial charge in [-0.2, -0.15) is 0 Å². The summed E-state index contributed by atoms with van der Waals surface area (Å²) < 4.78 is 1.45. The molecule has 0 amide bonds. The molecule has 2 bridgehead atoms. The smallest absolute Gasteiger partial charge is 0.202 e. The summed E-state index contributed by atoms with van der Waals surface area (Å²) in [5.74, 6) is 0.555. The Balaban J connectivity index is 1.96. The van der Waals surface area contributed by atoms with Crippen LogP contribution in [0.15, 0.2) is 30.4 Å². The predicted octanol–water partition coefficient (Wildman–Crippen LogP) is 4.73. The van der Waals surface area contributed by atoms with Gasteiger partial charge in [0.1, 0.15) is 0 Å². The fraction of sp³-hybridized carbons (Fsp3) is 0.250. The highest BCUT2D eigenvalue weighted by Gasteiger charge is 2.37. The zero-order valence-electron chi connectivity index (χ0n) is 11.1. The first-order valence-corrected chi connectivity index (χ1v) is 7.63. The Morgan fingerprint density at radius 3 is 1.95 bits per heavy atom. The molecule has 0 saturated heterocycles. The van der Waals surface area contributed by atoms with Gasteiger partial charge in [-0.05, 0) is 31.0 Å². The molecule has 108 valence electrons. The third kappa shape index (κ3) is 1.74. The first-order chi connectivity index (χ1) is 10.1. The third-order valence-electron chi connectivity index (χ3n) is 4.46. The quantitative estimate of drug-likeness (QED) is 0.746. The van der Waals surface area contributed by atoms with Crippen LogP contribution in [0.5, 0.6) is 11.8 Å². The summed E-state index contributed by atoms with van der Waals surface area (Å²) in [6, 6.07) is 5.03. The van der Waals surface area contributed by atoms with Crippen LogP contribution in [-0.4, -0.2) is 14.8 Å². The van der Waals surface area contributed by atoms with Crippen LogP contribution in [0, 0.1) is 0 Å². The van der Waals surface area contributed by atoms with Crippen LogP contribution in [0.3, 0.4) is 0 Å². The molecule has 2 N–H and O–H groups in total. The molecule has 0 fully saturated rings. The number of nitrogens with zero attached hydrogens (tertiary/aromatic N) is 1. The summed E-state index contributed by atoms with van der Waals surface area (Å²) >= 11 is 12.0. The molecule has 5 rings (SSSR count). The lowest BCUT2D eigenvalue weighted by Crippen LogP contribution is -2.15. The molecule has 1 aromatic heterocycles. The molecule has 2 unspecified atom stereocenters. The molecule has 1 aromatic carbocycles. The van der Waals surface area contributed by atoms with Crippen molar-refractivity contribution in [2.24, 2.45) is 0 Å². The lowest BCUT2D eigenvalue weighted by Gasteiger charge is -2.30. The van der Waals surface area contributed by atoms with Crippen molar-refractivity contribution >= 4 is 23.2 Å². The van der Waals surface area contributed by atoms with Crippen LogP contribution in [0.4, 0.5) is 0 Å². The minimum Gasteiger partial charge on any atom is -0.494 e. The number of hydrogen-bond acceptors (Lipinski definition) is 2. The normalized spacial score (nSPS) is 22.6. The summed E-state index contributed by atoms with van der Waals surface area (Å²) in [6.07, 6.45) is 6.25. The van der Waals surface area contributed by atoms with Crippen molar-refractivity contribution in [1.29, 1.82) is 0 Å². The van der Waals surface area contributed by atoms with Crippen molar-refractivity contribution in [3.63, 3.8) is 0 Å². The van der Waals surface area contributed by atoms with E-state index in [0.717, 1.165) is 24.0 Å². The Morgan fingerprint density at radius 1 is 0.905 bits per heavy atom. The minimum absolute atomic E-state index is 0.0972. The standard InChI is InChI=1S/C16H13Cl2NO2/c17-11-6-5-10(7-12(11)18)19-15(20)13-8-1-2-9(4-3-8)14(13)16(19)21/h1-2,5-9,20-21H,3-4H2. The lowest BCUT2D eigenvalue weighted by atomic mass is 9.73. The average Bonchev–Trinajstić information content (AvgIpc) is 2.78. The summed E-state index contributed by atoms with van der Waals surface area (Å²) in [6.45, 7) is 0. The molecule has 0 radical (unpaired) electrons.